The van der Waals surface area contributed by atoms with E-state index in [0.29, 0.717) is 0 Å². The van der Waals surface area contributed by atoms with E-state index in [2.05, 4.69) is 16.3 Å². The van der Waals surface area contributed by atoms with Crippen LogP contribution in [0.15, 0.2) is 0 Å². The van der Waals surface area contributed by atoms with Crippen molar-refractivity contribution in [3.8, 4) is 6.07 Å². The Morgan fingerprint density at radius 1 is 1.33 bits per heavy atom. The van der Waals surface area contributed by atoms with Crippen LogP contribution < -0.4 is 5.32 Å². The Kier molecular flexibility index (Phi) is 4.48. The van der Waals surface area contributed by atoms with Crippen LogP contribution in [0.2, 0.25) is 0 Å². The van der Waals surface area contributed by atoms with Crippen molar-refractivity contribution in [2.75, 3.05) is 40.4 Å². The fourth-order valence-electron chi connectivity index (χ4n) is 1.96. The lowest BCUT2D eigenvalue weighted by atomic mass is 10.00. The minimum absolute atomic E-state index is 0.513. The van der Waals surface area contributed by atoms with Crippen LogP contribution in [0.25, 0.3) is 0 Å². The summed E-state index contributed by atoms with van der Waals surface area (Å²) >= 11 is 0. The lowest BCUT2D eigenvalue weighted by Crippen LogP contribution is -2.60. The molecule has 0 radical (unpaired) electrons. The molecule has 1 aliphatic rings. The molecule has 0 bridgehead atoms. The Balaban J connectivity index is 2.77. The Labute approximate surface area is 90.9 Å². The van der Waals surface area contributed by atoms with Gasteiger partial charge in [0.2, 0.25) is 0 Å². The predicted molar refractivity (Wildman–Crippen MR) is 56.3 cm³/mol. The molecule has 1 N–H and O–H groups in total. The van der Waals surface area contributed by atoms with Gasteiger partial charge < -0.3 is 14.8 Å². The Morgan fingerprint density at radius 3 is 2.27 bits per heavy atom. The zero-order chi connectivity index (χ0) is 11.3. The van der Waals surface area contributed by atoms with Crippen LogP contribution in [-0.4, -0.2) is 57.1 Å². The first kappa shape index (κ1) is 12.4. The summed E-state index contributed by atoms with van der Waals surface area (Å²) in [6.07, 6.45) is -0.513. The first-order chi connectivity index (χ1) is 7.19. The molecule has 1 saturated heterocycles. The fraction of sp³-hybridized carbons (Fsp3) is 0.900. The van der Waals surface area contributed by atoms with Gasteiger partial charge in [0.25, 0.3) is 0 Å². The largest absolute Gasteiger partial charge is 0.353 e. The van der Waals surface area contributed by atoms with Gasteiger partial charge >= 0.3 is 0 Å². The van der Waals surface area contributed by atoms with E-state index in [1.807, 2.05) is 6.92 Å². The first-order valence-corrected chi connectivity index (χ1v) is 5.11. The molecule has 0 spiro atoms. The third kappa shape index (κ3) is 2.47. The number of methoxy groups -OCH3 is 2. The Morgan fingerprint density at radius 2 is 1.87 bits per heavy atom. The average molecular weight is 213 g/mol. The van der Waals surface area contributed by atoms with Gasteiger partial charge in [0.05, 0.1) is 6.07 Å². The van der Waals surface area contributed by atoms with Crippen molar-refractivity contribution >= 4 is 0 Å². The van der Waals surface area contributed by atoms with Crippen LogP contribution in [0, 0.1) is 11.3 Å². The SMILES string of the molecule is COC(OC)C(C)(C#N)N1CCNCC1. The molecule has 1 atom stereocenters. The number of hydrogen-bond donors (Lipinski definition) is 1. The van der Waals surface area contributed by atoms with E-state index < -0.39 is 11.8 Å². The molecule has 0 aliphatic carbocycles. The van der Waals surface area contributed by atoms with Gasteiger partial charge in [-0.05, 0) is 6.92 Å². The van der Waals surface area contributed by atoms with Gasteiger partial charge in [0.1, 0.15) is 0 Å². The van der Waals surface area contributed by atoms with Crippen molar-refractivity contribution in [2.45, 2.75) is 18.8 Å². The van der Waals surface area contributed by atoms with Crippen molar-refractivity contribution in [3.05, 3.63) is 0 Å². The molecule has 1 fully saturated rings. The maximum absolute atomic E-state index is 9.30. The van der Waals surface area contributed by atoms with Gasteiger partial charge in [-0.25, -0.2) is 0 Å². The second kappa shape index (κ2) is 5.42. The van der Waals surface area contributed by atoms with Gasteiger partial charge in [-0.2, -0.15) is 5.26 Å². The standard InChI is InChI=1S/C10H19N3O2/c1-10(8-11,9(14-2)15-3)13-6-4-12-5-7-13/h9,12H,4-7H2,1-3H3. The summed E-state index contributed by atoms with van der Waals surface area (Å²) in [5.74, 6) is 0. The van der Waals surface area contributed by atoms with Gasteiger partial charge in [0.15, 0.2) is 11.8 Å². The summed E-state index contributed by atoms with van der Waals surface area (Å²) in [5.41, 5.74) is -0.717. The molecule has 0 saturated carbocycles. The predicted octanol–water partition coefficient (Wildman–Crippen LogP) is -0.207. The molecular formula is C10H19N3O2. The number of ether oxygens (including phenoxy) is 2. The van der Waals surface area contributed by atoms with Gasteiger partial charge in [0, 0.05) is 40.4 Å². The fourth-order valence-corrected chi connectivity index (χ4v) is 1.96. The van der Waals surface area contributed by atoms with E-state index >= 15 is 0 Å². The third-order valence-electron chi connectivity index (χ3n) is 2.89. The van der Waals surface area contributed by atoms with Crippen LogP contribution in [0.5, 0.6) is 0 Å². The minimum Gasteiger partial charge on any atom is -0.353 e. The zero-order valence-corrected chi connectivity index (χ0v) is 9.62. The van der Waals surface area contributed by atoms with Crippen molar-refractivity contribution in [1.82, 2.24) is 10.2 Å². The molecule has 15 heavy (non-hydrogen) atoms. The molecule has 5 heteroatoms. The molecule has 1 heterocycles. The molecule has 0 aromatic rings. The van der Waals surface area contributed by atoms with E-state index in [1.54, 1.807) is 14.2 Å². The van der Waals surface area contributed by atoms with E-state index in [-0.39, 0.29) is 0 Å². The third-order valence-corrected chi connectivity index (χ3v) is 2.89. The molecule has 5 nitrogen and oxygen atoms in total. The highest BCUT2D eigenvalue weighted by molar-refractivity contribution is 5.08. The summed E-state index contributed by atoms with van der Waals surface area (Å²) in [4.78, 5) is 2.10. The number of nitriles is 1. The monoisotopic (exact) mass is 213 g/mol. The molecule has 1 aliphatic heterocycles. The Bertz CT molecular complexity index is 231. The van der Waals surface area contributed by atoms with Gasteiger partial charge in [-0.3, -0.25) is 4.90 Å². The topological polar surface area (TPSA) is 57.5 Å². The molecule has 1 unspecified atom stereocenters. The number of piperazine rings is 1. The van der Waals surface area contributed by atoms with E-state index in [4.69, 9.17) is 9.47 Å². The molecule has 0 aromatic heterocycles. The smallest absolute Gasteiger partial charge is 0.188 e. The molecule has 86 valence electrons. The molecule has 0 aromatic carbocycles. The Hall–Kier alpha value is -0.670. The van der Waals surface area contributed by atoms with Gasteiger partial charge in [-0.15, -0.1) is 0 Å². The first-order valence-electron chi connectivity index (χ1n) is 5.11. The van der Waals surface area contributed by atoms with Gasteiger partial charge in [-0.1, -0.05) is 0 Å². The minimum atomic E-state index is -0.717. The van der Waals surface area contributed by atoms with E-state index in [0.717, 1.165) is 26.2 Å². The maximum Gasteiger partial charge on any atom is 0.188 e. The normalized spacial score (nSPS) is 22.3. The van der Waals surface area contributed by atoms with Crippen molar-refractivity contribution < 1.29 is 9.47 Å². The van der Waals surface area contributed by atoms with Crippen molar-refractivity contribution in [1.29, 1.82) is 5.26 Å². The number of nitrogens with zero attached hydrogens (tertiary/aromatic N) is 2. The summed E-state index contributed by atoms with van der Waals surface area (Å²) in [6, 6.07) is 2.30. The van der Waals surface area contributed by atoms with E-state index in [9.17, 15) is 5.26 Å². The number of nitrogens with one attached hydrogen (secondary N) is 1. The number of rotatable bonds is 4. The van der Waals surface area contributed by atoms with Crippen LogP contribution in [0.4, 0.5) is 0 Å². The van der Waals surface area contributed by atoms with E-state index in [1.165, 1.54) is 0 Å². The summed E-state index contributed by atoms with van der Waals surface area (Å²) in [5, 5.41) is 12.6. The average Bonchev–Trinajstić information content (AvgIpc) is 2.31. The quantitative estimate of drug-likeness (QED) is 0.655. The van der Waals surface area contributed by atoms with Crippen LogP contribution in [0.1, 0.15) is 6.92 Å². The highest BCUT2D eigenvalue weighted by Crippen LogP contribution is 2.22. The summed E-state index contributed by atoms with van der Waals surface area (Å²) in [6.45, 7) is 5.34. The second-order valence-electron chi connectivity index (χ2n) is 3.80. The maximum atomic E-state index is 9.30. The summed E-state index contributed by atoms with van der Waals surface area (Å²) in [7, 11) is 3.12. The molecule has 1 rings (SSSR count). The molecular weight excluding hydrogens is 194 g/mol. The van der Waals surface area contributed by atoms with Crippen LogP contribution in [0.3, 0.4) is 0 Å². The second-order valence-corrected chi connectivity index (χ2v) is 3.80. The van der Waals surface area contributed by atoms with Crippen LogP contribution >= 0.6 is 0 Å². The van der Waals surface area contributed by atoms with Crippen molar-refractivity contribution in [3.63, 3.8) is 0 Å². The lowest BCUT2D eigenvalue weighted by Gasteiger charge is -2.41. The lowest BCUT2D eigenvalue weighted by molar-refractivity contribution is -0.167. The zero-order valence-electron chi connectivity index (χ0n) is 9.62. The highest BCUT2D eigenvalue weighted by Gasteiger charge is 2.41. The number of hydrogen-bond acceptors (Lipinski definition) is 5. The highest BCUT2D eigenvalue weighted by atomic mass is 16.7. The summed E-state index contributed by atoms with van der Waals surface area (Å²) < 4.78 is 10.4. The molecule has 0 amide bonds. The van der Waals surface area contributed by atoms with Crippen molar-refractivity contribution in [2.24, 2.45) is 0 Å². The van der Waals surface area contributed by atoms with Crippen LogP contribution in [-0.2, 0) is 9.47 Å².